The third-order valence-electron chi connectivity index (χ3n) is 4.45. The zero-order chi connectivity index (χ0) is 21.9. The maximum absolute atomic E-state index is 13.6. The second-order valence-corrected chi connectivity index (χ2v) is 7.28. The first kappa shape index (κ1) is 27.2. The second-order valence-electron chi connectivity index (χ2n) is 6.41. The number of aliphatic imine (C=N–C) groups is 1. The van der Waals surface area contributed by atoms with Crippen molar-refractivity contribution in [2.45, 2.75) is 25.8 Å². The normalized spacial score (nSPS) is 10.8. The van der Waals surface area contributed by atoms with Crippen molar-refractivity contribution in [1.82, 2.24) is 10.6 Å². The van der Waals surface area contributed by atoms with Crippen LogP contribution in [0.1, 0.15) is 23.6 Å². The fourth-order valence-corrected chi connectivity index (χ4v) is 3.54. The molecule has 2 rings (SSSR count). The molecule has 0 unspecified atom stereocenters. The van der Waals surface area contributed by atoms with Gasteiger partial charge in [-0.25, -0.2) is 9.38 Å². The third kappa shape index (κ3) is 7.95. The van der Waals surface area contributed by atoms with Crippen LogP contribution in [0.3, 0.4) is 0 Å². The van der Waals surface area contributed by atoms with Gasteiger partial charge in [0.25, 0.3) is 0 Å². The van der Waals surface area contributed by atoms with Crippen LogP contribution in [-0.4, -0.2) is 40.1 Å². The lowest BCUT2D eigenvalue weighted by atomic mass is 10.1. The van der Waals surface area contributed by atoms with Gasteiger partial charge in [0.1, 0.15) is 11.6 Å². The molecule has 9 heteroatoms. The molecule has 0 spiro atoms. The number of nitrogens with one attached hydrogen (secondary N) is 2. The van der Waals surface area contributed by atoms with Crippen molar-refractivity contribution in [2.24, 2.45) is 4.99 Å². The van der Waals surface area contributed by atoms with Gasteiger partial charge in [-0.1, -0.05) is 6.07 Å². The summed E-state index contributed by atoms with van der Waals surface area (Å²) in [6, 6.07) is 8.54. The van der Waals surface area contributed by atoms with Crippen LogP contribution in [-0.2, 0) is 18.8 Å². The summed E-state index contributed by atoms with van der Waals surface area (Å²) in [5.41, 5.74) is 2.89. The van der Waals surface area contributed by atoms with Crippen molar-refractivity contribution in [2.75, 3.05) is 34.1 Å². The van der Waals surface area contributed by atoms with Gasteiger partial charge >= 0.3 is 0 Å². The molecule has 31 heavy (non-hydrogen) atoms. The Labute approximate surface area is 205 Å². The molecule has 0 amide bonds. The van der Waals surface area contributed by atoms with Crippen LogP contribution in [0.4, 0.5) is 4.39 Å². The molecule has 6 nitrogen and oxygen atoms in total. The van der Waals surface area contributed by atoms with Crippen molar-refractivity contribution in [3.63, 3.8) is 0 Å². The van der Waals surface area contributed by atoms with Crippen LogP contribution in [0, 0.1) is 5.82 Å². The molecular formula is C22H31FIN3O3S. The molecular weight excluding hydrogens is 532 g/mol. The van der Waals surface area contributed by atoms with Crippen LogP contribution in [0.15, 0.2) is 35.3 Å². The fraction of sp³-hybridized carbons (Fsp3) is 0.409. The predicted molar refractivity (Wildman–Crippen MR) is 137 cm³/mol. The molecule has 0 saturated heterocycles. The third-order valence-corrected chi connectivity index (χ3v) is 5.05. The molecule has 2 aromatic carbocycles. The monoisotopic (exact) mass is 563 g/mol. The Morgan fingerprint density at radius 3 is 2.23 bits per heavy atom. The number of rotatable bonds is 10. The topological polar surface area (TPSA) is 64.1 Å². The van der Waals surface area contributed by atoms with Crippen molar-refractivity contribution in [3.05, 3.63) is 52.8 Å². The summed E-state index contributed by atoms with van der Waals surface area (Å²) in [6.45, 7) is 3.66. The molecule has 0 atom stereocenters. The number of ether oxygens (including phenoxy) is 3. The Kier molecular flexibility index (Phi) is 12.5. The number of thioether (sulfide) groups is 1. The van der Waals surface area contributed by atoms with Gasteiger partial charge in [-0.05, 0) is 42.5 Å². The van der Waals surface area contributed by atoms with E-state index in [2.05, 4.69) is 15.6 Å². The van der Waals surface area contributed by atoms with Gasteiger partial charge in [0.05, 0.1) is 27.9 Å². The number of methoxy groups -OCH3 is 3. The Morgan fingerprint density at radius 2 is 1.61 bits per heavy atom. The average Bonchev–Trinajstić information content (AvgIpc) is 2.76. The van der Waals surface area contributed by atoms with Crippen LogP contribution in [0.2, 0.25) is 0 Å². The van der Waals surface area contributed by atoms with E-state index in [1.807, 2.05) is 25.3 Å². The lowest BCUT2D eigenvalue weighted by molar-refractivity contribution is 0.347. The SMILES string of the molecule is CCNC(=NCc1cc(OC)c(OC)cc1OC)NCc1ccc(F)cc1CSC.I. The van der Waals surface area contributed by atoms with Crippen molar-refractivity contribution < 1.29 is 18.6 Å². The van der Waals surface area contributed by atoms with E-state index >= 15 is 0 Å². The lowest BCUT2D eigenvalue weighted by Crippen LogP contribution is -2.37. The quantitative estimate of drug-likeness (QED) is 0.251. The molecule has 0 radical (unpaired) electrons. The molecule has 0 heterocycles. The minimum Gasteiger partial charge on any atom is -0.496 e. The number of nitrogens with zero attached hydrogens (tertiary/aromatic N) is 1. The van der Waals surface area contributed by atoms with Gasteiger partial charge in [0, 0.05) is 30.5 Å². The molecule has 0 saturated carbocycles. The minimum absolute atomic E-state index is 0. The average molecular weight is 563 g/mol. The summed E-state index contributed by atoms with van der Waals surface area (Å²) >= 11 is 1.66. The summed E-state index contributed by atoms with van der Waals surface area (Å²) < 4.78 is 29.8. The summed E-state index contributed by atoms with van der Waals surface area (Å²) in [5, 5.41) is 6.56. The fourth-order valence-electron chi connectivity index (χ4n) is 2.96. The molecule has 0 aliphatic carbocycles. The summed E-state index contributed by atoms with van der Waals surface area (Å²) in [4.78, 5) is 4.67. The Balaban J connectivity index is 0.00000480. The Hall–Kier alpha value is -1.88. The maximum Gasteiger partial charge on any atom is 0.191 e. The Bertz CT molecular complexity index is 868. The van der Waals surface area contributed by atoms with Gasteiger partial charge in [0.2, 0.25) is 0 Å². The predicted octanol–water partition coefficient (Wildman–Crippen LogP) is 4.59. The van der Waals surface area contributed by atoms with Crippen molar-refractivity contribution in [3.8, 4) is 17.2 Å². The number of halogens is 2. The zero-order valence-electron chi connectivity index (χ0n) is 18.6. The summed E-state index contributed by atoms with van der Waals surface area (Å²) in [5.74, 6) is 3.09. The highest BCUT2D eigenvalue weighted by Crippen LogP contribution is 2.34. The second kappa shape index (κ2) is 14.2. The van der Waals surface area contributed by atoms with E-state index in [-0.39, 0.29) is 29.8 Å². The van der Waals surface area contributed by atoms with E-state index in [9.17, 15) is 4.39 Å². The summed E-state index contributed by atoms with van der Waals surface area (Å²) in [6.07, 6.45) is 2.00. The minimum atomic E-state index is -0.219. The zero-order valence-corrected chi connectivity index (χ0v) is 21.7. The first-order chi connectivity index (χ1) is 14.6. The summed E-state index contributed by atoms with van der Waals surface area (Å²) in [7, 11) is 4.79. The first-order valence-corrected chi connectivity index (χ1v) is 11.0. The maximum atomic E-state index is 13.6. The van der Waals surface area contributed by atoms with E-state index < -0.39 is 0 Å². The van der Waals surface area contributed by atoms with Gasteiger partial charge in [0.15, 0.2) is 17.5 Å². The highest BCUT2D eigenvalue weighted by Gasteiger charge is 2.12. The van der Waals surface area contributed by atoms with E-state index in [1.165, 1.54) is 6.07 Å². The molecule has 0 aliphatic rings. The van der Waals surface area contributed by atoms with E-state index in [0.29, 0.717) is 36.3 Å². The number of hydrogen-bond acceptors (Lipinski definition) is 5. The molecule has 0 bridgehead atoms. The first-order valence-electron chi connectivity index (χ1n) is 9.63. The number of benzene rings is 2. The number of hydrogen-bond donors (Lipinski definition) is 2. The molecule has 0 aromatic heterocycles. The van der Waals surface area contributed by atoms with E-state index in [4.69, 9.17) is 14.2 Å². The molecule has 172 valence electrons. The van der Waals surface area contributed by atoms with Crippen molar-refractivity contribution >= 4 is 41.7 Å². The van der Waals surface area contributed by atoms with Crippen LogP contribution in [0.5, 0.6) is 17.2 Å². The van der Waals surface area contributed by atoms with Gasteiger partial charge in [-0.3, -0.25) is 0 Å². The van der Waals surface area contributed by atoms with E-state index in [1.54, 1.807) is 45.2 Å². The lowest BCUT2D eigenvalue weighted by Gasteiger charge is -2.15. The molecule has 0 aliphatic heterocycles. The van der Waals surface area contributed by atoms with Crippen LogP contribution in [0.25, 0.3) is 0 Å². The highest BCUT2D eigenvalue weighted by atomic mass is 127. The largest absolute Gasteiger partial charge is 0.496 e. The molecule has 2 N–H and O–H groups in total. The van der Waals surface area contributed by atoms with E-state index in [0.717, 1.165) is 29.0 Å². The van der Waals surface area contributed by atoms with Crippen molar-refractivity contribution in [1.29, 1.82) is 0 Å². The molecule has 0 fully saturated rings. The van der Waals surface area contributed by atoms with Gasteiger partial charge in [-0.15, -0.1) is 24.0 Å². The highest BCUT2D eigenvalue weighted by molar-refractivity contribution is 14.0. The van der Waals surface area contributed by atoms with Gasteiger partial charge in [-0.2, -0.15) is 11.8 Å². The molecule has 2 aromatic rings. The van der Waals surface area contributed by atoms with Crippen LogP contribution >= 0.6 is 35.7 Å². The number of guanidine groups is 1. The van der Waals surface area contributed by atoms with Crippen LogP contribution < -0.4 is 24.8 Å². The Morgan fingerprint density at radius 1 is 0.935 bits per heavy atom. The van der Waals surface area contributed by atoms with Gasteiger partial charge < -0.3 is 24.8 Å². The smallest absolute Gasteiger partial charge is 0.191 e. The standard InChI is InChI=1S/C22H30FN3O3S.HI/c1-6-24-22(25-12-15-7-8-18(23)9-17(15)14-30-5)26-13-16-10-20(28-3)21(29-4)11-19(16)27-2;/h7-11H,6,12-14H2,1-5H3,(H2,24,25,26);1H.